The van der Waals surface area contributed by atoms with E-state index < -0.39 is 30.3 Å². The van der Waals surface area contributed by atoms with Gasteiger partial charge in [0.05, 0.1) is 5.02 Å². The first-order valence-corrected chi connectivity index (χ1v) is 6.80. The van der Waals surface area contributed by atoms with E-state index in [1.54, 1.807) is 0 Å². The maximum atomic E-state index is 12.9. The van der Waals surface area contributed by atoms with Crippen LogP contribution in [0, 0.1) is 5.82 Å². The highest BCUT2D eigenvalue weighted by Gasteiger charge is 2.37. The van der Waals surface area contributed by atoms with Gasteiger partial charge in [0.2, 0.25) is 5.95 Å². The predicted octanol–water partition coefficient (Wildman–Crippen LogP) is 2.67. The zero-order chi connectivity index (χ0) is 18.1. The maximum Gasteiger partial charge on any atom is 0.453 e. The van der Waals surface area contributed by atoms with Gasteiger partial charge >= 0.3 is 6.18 Å². The standard InChI is InChI=1S/C13H11ClF4N4O2/c1-21(12-19-11(13(16,17)18)20-22(12)2)10(23)6-24-9-4-3-7(15)5-8(9)14/h3-5H,6H2,1-2H3. The third-order valence-corrected chi connectivity index (χ3v) is 3.21. The summed E-state index contributed by atoms with van der Waals surface area (Å²) < 4.78 is 56.6. The van der Waals surface area contributed by atoms with Crippen molar-refractivity contribution in [3.63, 3.8) is 0 Å². The highest BCUT2D eigenvalue weighted by molar-refractivity contribution is 6.32. The normalized spacial score (nSPS) is 11.5. The van der Waals surface area contributed by atoms with E-state index in [2.05, 4.69) is 10.1 Å². The number of aryl methyl sites for hydroxylation is 1. The summed E-state index contributed by atoms with van der Waals surface area (Å²) in [6.07, 6.45) is -4.72. The van der Waals surface area contributed by atoms with Crippen molar-refractivity contribution in [1.29, 1.82) is 0 Å². The lowest BCUT2D eigenvalue weighted by Gasteiger charge is -2.16. The molecule has 0 atom stereocenters. The fourth-order valence-electron chi connectivity index (χ4n) is 1.73. The van der Waals surface area contributed by atoms with Gasteiger partial charge in [0.1, 0.15) is 11.6 Å². The number of alkyl halides is 3. The topological polar surface area (TPSA) is 60.3 Å². The molecule has 2 aromatic rings. The molecule has 0 radical (unpaired) electrons. The Bertz CT molecular complexity index is 763. The number of ether oxygens (including phenoxy) is 1. The Morgan fingerprint density at radius 3 is 2.62 bits per heavy atom. The molecule has 0 aliphatic rings. The molecule has 24 heavy (non-hydrogen) atoms. The van der Waals surface area contributed by atoms with Crippen molar-refractivity contribution in [2.45, 2.75) is 6.18 Å². The number of carbonyl (C=O) groups is 1. The molecule has 1 amide bonds. The molecule has 0 saturated heterocycles. The Labute approximate surface area is 138 Å². The number of likely N-dealkylation sites (N-methyl/N-ethyl adjacent to an activating group) is 1. The maximum absolute atomic E-state index is 12.9. The number of anilines is 1. The molecule has 1 aromatic heterocycles. The molecule has 0 aliphatic carbocycles. The molecular weight excluding hydrogens is 356 g/mol. The lowest BCUT2D eigenvalue weighted by atomic mass is 10.3. The first-order valence-electron chi connectivity index (χ1n) is 6.42. The summed E-state index contributed by atoms with van der Waals surface area (Å²) in [4.78, 5) is 16.2. The number of halogens is 5. The van der Waals surface area contributed by atoms with Gasteiger partial charge in [-0.05, 0) is 18.2 Å². The Hall–Kier alpha value is -2.36. The second kappa shape index (κ2) is 6.63. The molecule has 2 rings (SSSR count). The van der Waals surface area contributed by atoms with Gasteiger partial charge in [0.25, 0.3) is 11.7 Å². The lowest BCUT2D eigenvalue weighted by molar-refractivity contribution is -0.145. The number of carbonyl (C=O) groups excluding carboxylic acids is 1. The van der Waals surface area contributed by atoms with Crippen LogP contribution in [0.15, 0.2) is 18.2 Å². The van der Waals surface area contributed by atoms with Gasteiger partial charge < -0.3 is 4.74 Å². The largest absolute Gasteiger partial charge is 0.482 e. The highest BCUT2D eigenvalue weighted by atomic mass is 35.5. The average molecular weight is 367 g/mol. The van der Waals surface area contributed by atoms with E-state index in [1.165, 1.54) is 20.2 Å². The number of aromatic nitrogens is 3. The van der Waals surface area contributed by atoms with E-state index in [4.69, 9.17) is 16.3 Å². The van der Waals surface area contributed by atoms with E-state index in [0.717, 1.165) is 21.7 Å². The summed E-state index contributed by atoms with van der Waals surface area (Å²) in [5.41, 5.74) is 0. The summed E-state index contributed by atoms with van der Waals surface area (Å²) in [5.74, 6) is -2.87. The second-order valence-corrected chi connectivity index (χ2v) is 5.08. The van der Waals surface area contributed by atoms with Gasteiger partial charge in [-0.3, -0.25) is 9.69 Å². The van der Waals surface area contributed by atoms with Gasteiger partial charge in [-0.2, -0.15) is 18.2 Å². The van der Waals surface area contributed by atoms with E-state index in [0.29, 0.717) is 0 Å². The Kier molecular flexibility index (Phi) is 4.97. The summed E-state index contributed by atoms with van der Waals surface area (Å²) in [6, 6.07) is 3.33. The van der Waals surface area contributed by atoms with E-state index >= 15 is 0 Å². The van der Waals surface area contributed by atoms with Gasteiger partial charge in [0.15, 0.2) is 6.61 Å². The van der Waals surface area contributed by atoms with Crippen LogP contribution >= 0.6 is 11.6 Å². The van der Waals surface area contributed by atoms with Crippen LogP contribution in [-0.2, 0) is 18.0 Å². The molecule has 0 aliphatic heterocycles. The van der Waals surface area contributed by atoms with Gasteiger partial charge in [-0.25, -0.2) is 9.07 Å². The van der Waals surface area contributed by atoms with Crippen molar-refractivity contribution < 1.29 is 27.1 Å². The number of benzene rings is 1. The van der Waals surface area contributed by atoms with Crippen molar-refractivity contribution in [2.24, 2.45) is 7.05 Å². The highest BCUT2D eigenvalue weighted by Crippen LogP contribution is 2.28. The minimum Gasteiger partial charge on any atom is -0.482 e. The van der Waals surface area contributed by atoms with E-state index in [-0.39, 0.29) is 16.7 Å². The number of hydrogen-bond acceptors (Lipinski definition) is 4. The molecule has 0 saturated carbocycles. The molecule has 11 heteroatoms. The van der Waals surface area contributed by atoms with Crippen molar-refractivity contribution in [3.8, 4) is 5.75 Å². The van der Waals surface area contributed by atoms with Crippen molar-refractivity contribution >= 4 is 23.5 Å². The second-order valence-electron chi connectivity index (χ2n) is 4.67. The van der Waals surface area contributed by atoms with Crippen LogP contribution in [0.1, 0.15) is 5.82 Å². The first kappa shape index (κ1) is 18.0. The first-order chi connectivity index (χ1) is 11.1. The van der Waals surface area contributed by atoms with Crippen LogP contribution in [0.3, 0.4) is 0 Å². The Morgan fingerprint density at radius 1 is 1.42 bits per heavy atom. The van der Waals surface area contributed by atoms with Crippen molar-refractivity contribution in [3.05, 3.63) is 34.9 Å². The minimum atomic E-state index is -4.72. The summed E-state index contributed by atoms with van der Waals surface area (Å²) in [6.45, 7) is -0.532. The molecule has 0 unspecified atom stereocenters. The molecule has 0 spiro atoms. The van der Waals surface area contributed by atoms with Crippen LogP contribution in [0.4, 0.5) is 23.5 Å². The van der Waals surface area contributed by atoms with Crippen LogP contribution in [-0.4, -0.2) is 34.3 Å². The van der Waals surface area contributed by atoms with Gasteiger partial charge in [-0.15, -0.1) is 5.10 Å². The number of rotatable bonds is 4. The molecule has 0 N–H and O–H groups in total. The van der Waals surface area contributed by atoms with Crippen LogP contribution in [0.2, 0.25) is 5.02 Å². The Balaban J connectivity index is 2.08. The van der Waals surface area contributed by atoms with Crippen LogP contribution in [0.25, 0.3) is 0 Å². The molecule has 0 bridgehead atoms. The van der Waals surface area contributed by atoms with Gasteiger partial charge in [-0.1, -0.05) is 11.6 Å². The molecule has 0 fully saturated rings. The number of hydrogen-bond donors (Lipinski definition) is 0. The smallest absolute Gasteiger partial charge is 0.453 e. The van der Waals surface area contributed by atoms with Crippen molar-refractivity contribution in [2.75, 3.05) is 18.6 Å². The summed E-state index contributed by atoms with van der Waals surface area (Å²) >= 11 is 5.75. The third kappa shape index (κ3) is 3.94. The predicted molar refractivity (Wildman–Crippen MR) is 76.3 cm³/mol. The fraction of sp³-hybridized carbons (Fsp3) is 0.308. The molecule has 1 aromatic carbocycles. The zero-order valence-corrected chi connectivity index (χ0v) is 13.2. The summed E-state index contributed by atoms with van der Waals surface area (Å²) in [5, 5.41) is 3.17. The van der Waals surface area contributed by atoms with E-state index in [9.17, 15) is 22.4 Å². The van der Waals surface area contributed by atoms with E-state index in [1.807, 2.05) is 0 Å². The lowest BCUT2D eigenvalue weighted by Crippen LogP contribution is -2.33. The van der Waals surface area contributed by atoms with Crippen molar-refractivity contribution in [1.82, 2.24) is 14.8 Å². The average Bonchev–Trinajstić information content (AvgIpc) is 2.87. The minimum absolute atomic E-state index is 0.0385. The zero-order valence-electron chi connectivity index (χ0n) is 12.4. The van der Waals surface area contributed by atoms with Gasteiger partial charge in [0, 0.05) is 14.1 Å². The van der Waals surface area contributed by atoms with Crippen LogP contribution in [0.5, 0.6) is 5.75 Å². The third-order valence-electron chi connectivity index (χ3n) is 2.91. The Morgan fingerprint density at radius 2 is 2.08 bits per heavy atom. The monoisotopic (exact) mass is 366 g/mol. The molecular formula is C13H11ClF4N4O2. The summed E-state index contributed by atoms with van der Waals surface area (Å²) in [7, 11) is 2.45. The number of nitrogens with zero attached hydrogens (tertiary/aromatic N) is 4. The quantitative estimate of drug-likeness (QED) is 0.781. The van der Waals surface area contributed by atoms with Crippen LogP contribution < -0.4 is 9.64 Å². The molecule has 6 nitrogen and oxygen atoms in total. The fourth-order valence-corrected chi connectivity index (χ4v) is 1.95. The number of amides is 1. The molecule has 1 heterocycles. The SMILES string of the molecule is CN(C(=O)COc1ccc(F)cc1Cl)c1nc(C(F)(F)F)nn1C. The molecule has 130 valence electrons.